The van der Waals surface area contributed by atoms with Crippen molar-refractivity contribution in [2.75, 3.05) is 26.7 Å². The number of nitrogens with one attached hydrogen (secondary N) is 2. The van der Waals surface area contributed by atoms with Crippen LogP contribution in [0.5, 0.6) is 5.75 Å². The molecule has 5 heteroatoms. The van der Waals surface area contributed by atoms with Crippen LogP contribution < -0.4 is 15.4 Å². The number of guanidine groups is 1. The van der Waals surface area contributed by atoms with Gasteiger partial charge in [-0.05, 0) is 25.0 Å². The van der Waals surface area contributed by atoms with E-state index in [0.29, 0.717) is 5.92 Å². The predicted molar refractivity (Wildman–Crippen MR) is 101 cm³/mol. The van der Waals surface area contributed by atoms with Gasteiger partial charge in [-0.25, -0.2) is 0 Å². The SMILES string of the molecule is CCCNC(=NCC(C)c1ccccc1OC)NCC.I. The Hall–Kier alpha value is -0.980. The second-order valence-corrected chi connectivity index (χ2v) is 4.79. The van der Waals surface area contributed by atoms with E-state index in [9.17, 15) is 0 Å². The smallest absolute Gasteiger partial charge is 0.191 e. The van der Waals surface area contributed by atoms with E-state index in [-0.39, 0.29) is 24.0 Å². The van der Waals surface area contributed by atoms with Crippen LogP contribution in [0.4, 0.5) is 0 Å². The number of rotatable bonds is 7. The van der Waals surface area contributed by atoms with Crippen LogP contribution in [0, 0.1) is 0 Å². The zero-order chi connectivity index (χ0) is 14.8. The maximum atomic E-state index is 5.41. The molecule has 0 radical (unpaired) electrons. The Labute approximate surface area is 145 Å². The summed E-state index contributed by atoms with van der Waals surface area (Å²) < 4.78 is 5.41. The Bertz CT molecular complexity index is 424. The topological polar surface area (TPSA) is 45.7 Å². The lowest BCUT2D eigenvalue weighted by atomic mass is 10.0. The van der Waals surface area contributed by atoms with E-state index in [1.54, 1.807) is 7.11 Å². The first kappa shape index (κ1) is 20.0. The Morgan fingerprint density at radius 1 is 1.24 bits per heavy atom. The van der Waals surface area contributed by atoms with Gasteiger partial charge in [-0.3, -0.25) is 4.99 Å². The largest absolute Gasteiger partial charge is 0.496 e. The zero-order valence-electron chi connectivity index (χ0n) is 13.5. The molecule has 0 aromatic heterocycles. The molecule has 2 N–H and O–H groups in total. The number of halogens is 1. The van der Waals surface area contributed by atoms with Gasteiger partial charge in [0.1, 0.15) is 5.75 Å². The van der Waals surface area contributed by atoms with E-state index in [2.05, 4.69) is 42.5 Å². The highest BCUT2D eigenvalue weighted by Crippen LogP contribution is 2.26. The average Bonchev–Trinajstić information content (AvgIpc) is 2.49. The summed E-state index contributed by atoms with van der Waals surface area (Å²) in [6, 6.07) is 8.13. The average molecular weight is 405 g/mol. The molecule has 0 fully saturated rings. The van der Waals surface area contributed by atoms with Crippen LogP contribution >= 0.6 is 24.0 Å². The Kier molecular flexibility index (Phi) is 11.1. The predicted octanol–water partition coefficient (Wildman–Crippen LogP) is 3.38. The summed E-state index contributed by atoms with van der Waals surface area (Å²) in [5, 5.41) is 6.57. The van der Waals surface area contributed by atoms with Crippen molar-refractivity contribution in [2.24, 2.45) is 4.99 Å². The monoisotopic (exact) mass is 405 g/mol. The van der Waals surface area contributed by atoms with Crippen LogP contribution in [0.1, 0.15) is 38.7 Å². The van der Waals surface area contributed by atoms with Crippen LogP contribution in [0.3, 0.4) is 0 Å². The summed E-state index contributed by atoms with van der Waals surface area (Å²) in [7, 11) is 1.71. The van der Waals surface area contributed by atoms with Crippen LogP contribution in [-0.4, -0.2) is 32.7 Å². The van der Waals surface area contributed by atoms with Crippen molar-refractivity contribution >= 4 is 29.9 Å². The van der Waals surface area contributed by atoms with Crippen molar-refractivity contribution in [3.05, 3.63) is 29.8 Å². The first-order chi connectivity index (χ1) is 9.72. The number of hydrogen-bond acceptors (Lipinski definition) is 2. The maximum absolute atomic E-state index is 5.41. The van der Waals surface area contributed by atoms with E-state index in [1.807, 2.05) is 18.2 Å². The molecule has 0 aliphatic rings. The molecule has 0 amide bonds. The van der Waals surface area contributed by atoms with E-state index in [0.717, 1.165) is 37.8 Å². The molecule has 1 rings (SSSR count). The van der Waals surface area contributed by atoms with E-state index in [4.69, 9.17) is 4.74 Å². The summed E-state index contributed by atoms with van der Waals surface area (Å²) >= 11 is 0. The summed E-state index contributed by atoms with van der Waals surface area (Å²) in [6.07, 6.45) is 1.09. The summed E-state index contributed by atoms with van der Waals surface area (Å²) in [5.74, 6) is 2.14. The Morgan fingerprint density at radius 2 is 1.95 bits per heavy atom. The van der Waals surface area contributed by atoms with Crippen LogP contribution in [0.15, 0.2) is 29.3 Å². The third-order valence-electron chi connectivity index (χ3n) is 3.08. The van der Waals surface area contributed by atoms with Gasteiger partial charge in [0.05, 0.1) is 7.11 Å². The molecule has 0 aliphatic carbocycles. The second-order valence-electron chi connectivity index (χ2n) is 4.79. The number of benzene rings is 1. The molecule has 0 saturated heterocycles. The van der Waals surface area contributed by atoms with Crippen molar-refractivity contribution < 1.29 is 4.74 Å². The number of ether oxygens (including phenoxy) is 1. The number of aliphatic imine (C=N–C) groups is 1. The number of nitrogens with zero attached hydrogens (tertiary/aromatic N) is 1. The quantitative estimate of drug-likeness (QED) is 0.415. The molecular formula is C16H28IN3O. The van der Waals surface area contributed by atoms with E-state index in [1.165, 1.54) is 5.56 Å². The fourth-order valence-electron chi connectivity index (χ4n) is 1.99. The van der Waals surface area contributed by atoms with Gasteiger partial charge in [0, 0.05) is 25.6 Å². The fraction of sp³-hybridized carbons (Fsp3) is 0.562. The number of para-hydroxylation sites is 1. The molecule has 0 bridgehead atoms. The lowest BCUT2D eigenvalue weighted by Crippen LogP contribution is -2.37. The zero-order valence-corrected chi connectivity index (χ0v) is 15.8. The summed E-state index contributed by atoms with van der Waals surface area (Å²) in [6.45, 7) is 8.94. The van der Waals surface area contributed by atoms with Crippen molar-refractivity contribution in [2.45, 2.75) is 33.1 Å². The normalized spacial score (nSPS) is 12.3. The summed E-state index contributed by atoms with van der Waals surface area (Å²) in [5.41, 5.74) is 1.20. The molecule has 1 unspecified atom stereocenters. The molecule has 1 aromatic rings. The third-order valence-corrected chi connectivity index (χ3v) is 3.08. The van der Waals surface area contributed by atoms with Gasteiger partial charge in [0.25, 0.3) is 0 Å². The molecule has 1 aromatic carbocycles. The van der Waals surface area contributed by atoms with E-state index < -0.39 is 0 Å². The molecule has 0 saturated carbocycles. The van der Waals surface area contributed by atoms with Gasteiger partial charge in [0.15, 0.2) is 5.96 Å². The second kappa shape index (κ2) is 11.7. The van der Waals surface area contributed by atoms with Crippen LogP contribution in [0.2, 0.25) is 0 Å². The molecule has 4 nitrogen and oxygen atoms in total. The van der Waals surface area contributed by atoms with Gasteiger partial charge < -0.3 is 15.4 Å². The molecule has 0 spiro atoms. The molecule has 1 atom stereocenters. The van der Waals surface area contributed by atoms with Crippen molar-refractivity contribution in [3.8, 4) is 5.75 Å². The first-order valence-corrected chi connectivity index (χ1v) is 7.38. The van der Waals surface area contributed by atoms with Crippen molar-refractivity contribution in [1.29, 1.82) is 0 Å². The van der Waals surface area contributed by atoms with Gasteiger partial charge in [-0.2, -0.15) is 0 Å². The van der Waals surface area contributed by atoms with Crippen LogP contribution in [-0.2, 0) is 0 Å². The van der Waals surface area contributed by atoms with Crippen molar-refractivity contribution in [3.63, 3.8) is 0 Å². The minimum atomic E-state index is 0. The van der Waals surface area contributed by atoms with Gasteiger partial charge in [-0.15, -0.1) is 24.0 Å². The molecule has 120 valence electrons. The lowest BCUT2D eigenvalue weighted by Gasteiger charge is -2.15. The molecule has 0 aliphatic heterocycles. The Morgan fingerprint density at radius 3 is 2.57 bits per heavy atom. The summed E-state index contributed by atoms with van der Waals surface area (Å²) in [4.78, 5) is 4.64. The first-order valence-electron chi connectivity index (χ1n) is 7.38. The highest BCUT2D eigenvalue weighted by molar-refractivity contribution is 14.0. The van der Waals surface area contributed by atoms with Gasteiger partial charge >= 0.3 is 0 Å². The highest BCUT2D eigenvalue weighted by atomic mass is 127. The van der Waals surface area contributed by atoms with Crippen LogP contribution in [0.25, 0.3) is 0 Å². The number of hydrogen-bond donors (Lipinski definition) is 2. The van der Waals surface area contributed by atoms with Gasteiger partial charge in [0.2, 0.25) is 0 Å². The minimum Gasteiger partial charge on any atom is -0.496 e. The minimum absolute atomic E-state index is 0. The standard InChI is InChI=1S/C16H27N3O.HI/c1-5-11-18-16(17-6-2)19-12-13(3)14-9-7-8-10-15(14)20-4;/h7-10,13H,5-6,11-12H2,1-4H3,(H2,17,18,19);1H. The highest BCUT2D eigenvalue weighted by Gasteiger charge is 2.10. The van der Waals surface area contributed by atoms with Crippen molar-refractivity contribution in [1.82, 2.24) is 10.6 Å². The molecule has 0 heterocycles. The molecular weight excluding hydrogens is 377 g/mol. The third kappa shape index (κ3) is 7.02. The van der Waals surface area contributed by atoms with Gasteiger partial charge in [-0.1, -0.05) is 32.0 Å². The van der Waals surface area contributed by atoms with E-state index >= 15 is 0 Å². The molecule has 21 heavy (non-hydrogen) atoms. The maximum Gasteiger partial charge on any atom is 0.191 e. The number of methoxy groups -OCH3 is 1. The fourth-order valence-corrected chi connectivity index (χ4v) is 1.99. The Balaban J connectivity index is 0.00000400. The lowest BCUT2D eigenvalue weighted by molar-refractivity contribution is 0.407.